The van der Waals surface area contributed by atoms with Gasteiger partial charge in [-0.15, -0.1) is 0 Å². The summed E-state index contributed by atoms with van der Waals surface area (Å²) in [5.41, 5.74) is 10.4. The van der Waals surface area contributed by atoms with Gasteiger partial charge in [0, 0.05) is 36.1 Å². The van der Waals surface area contributed by atoms with E-state index in [-0.39, 0.29) is 0 Å². The molecule has 0 unspecified atom stereocenters. The van der Waals surface area contributed by atoms with Crippen molar-refractivity contribution in [1.29, 1.82) is 0 Å². The van der Waals surface area contributed by atoms with Gasteiger partial charge in [0.05, 0.1) is 22.1 Å². The minimum Gasteiger partial charge on any atom is -0.361 e. The number of aromatic nitrogens is 5. The highest BCUT2D eigenvalue weighted by Crippen LogP contribution is 2.35. The summed E-state index contributed by atoms with van der Waals surface area (Å²) in [5.74, 6) is 2.04. The van der Waals surface area contributed by atoms with E-state index in [1.54, 1.807) is 0 Å². The number of imidazole rings is 2. The zero-order chi connectivity index (χ0) is 22.5. The monoisotopic (exact) mass is 433 g/mol. The maximum Gasteiger partial charge on any atom is 0.141 e. The average molecular weight is 434 g/mol. The number of aryl methyl sites for hydroxylation is 3. The molecule has 6 rings (SSSR count). The second-order valence-corrected chi connectivity index (χ2v) is 8.87. The Balaban J connectivity index is 1.62. The number of hydrogen-bond donors (Lipinski definition) is 2. The fraction of sp³-hybridized carbons (Fsp3) is 0.214. The standard InChI is InChI=1S/C28H27N5/c1-4-8-26-30-24-16-21(28-31-23-10-5-6-12-25(23)33(28)3)20(17(2)27(24)32-26)15-18-9-7-11-22-19(18)13-14-29-22/h5-7,9-14,16,29H,4,8,15H2,1-3H3,(H,30,32). The predicted molar refractivity (Wildman–Crippen MR) is 136 cm³/mol. The van der Waals surface area contributed by atoms with Gasteiger partial charge in [-0.25, -0.2) is 9.97 Å². The van der Waals surface area contributed by atoms with Crippen LogP contribution < -0.4 is 0 Å². The first-order valence-electron chi connectivity index (χ1n) is 11.6. The second kappa shape index (κ2) is 7.62. The van der Waals surface area contributed by atoms with Crippen LogP contribution in [-0.4, -0.2) is 24.5 Å². The first kappa shape index (κ1) is 19.8. The van der Waals surface area contributed by atoms with Gasteiger partial charge in [0.1, 0.15) is 11.6 Å². The molecule has 5 nitrogen and oxygen atoms in total. The molecule has 0 radical (unpaired) electrons. The van der Waals surface area contributed by atoms with E-state index < -0.39 is 0 Å². The Hall–Kier alpha value is -3.86. The van der Waals surface area contributed by atoms with Crippen molar-refractivity contribution in [3.8, 4) is 11.4 Å². The number of fused-ring (bicyclic) bond motifs is 3. The molecule has 0 aliphatic rings. The van der Waals surface area contributed by atoms with Crippen molar-refractivity contribution in [3.63, 3.8) is 0 Å². The molecule has 33 heavy (non-hydrogen) atoms. The summed E-state index contributed by atoms with van der Waals surface area (Å²) in [7, 11) is 2.11. The lowest BCUT2D eigenvalue weighted by Gasteiger charge is -2.15. The topological polar surface area (TPSA) is 62.3 Å². The third-order valence-corrected chi connectivity index (χ3v) is 6.77. The van der Waals surface area contributed by atoms with E-state index in [0.717, 1.165) is 58.5 Å². The largest absolute Gasteiger partial charge is 0.361 e. The molecule has 2 N–H and O–H groups in total. The second-order valence-electron chi connectivity index (χ2n) is 8.87. The maximum absolute atomic E-state index is 5.05. The Morgan fingerprint density at radius 2 is 1.85 bits per heavy atom. The first-order chi connectivity index (χ1) is 16.1. The van der Waals surface area contributed by atoms with Gasteiger partial charge in [-0.2, -0.15) is 0 Å². The lowest BCUT2D eigenvalue weighted by atomic mass is 9.92. The molecule has 164 valence electrons. The minimum atomic E-state index is 0.825. The van der Waals surface area contributed by atoms with E-state index in [2.05, 4.69) is 84.0 Å². The van der Waals surface area contributed by atoms with Crippen LogP contribution in [0, 0.1) is 6.92 Å². The van der Waals surface area contributed by atoms with Crippen LogP contribution in [0.3, 0.4) is 0 Å². The van der Waals surface area contributed by atoms with Crippen LogP contribution in [0.1, 0.15) is 35.9 Å². The molecular weight excluding hydrogens is 406 g/mol. The number of hydrogen-bond acceptors (Lipinski definition) is 2. The van der Waals surface area contributed by atoms with Crippen LogP contribution in [0.25, 0.3) is 44.4 Å². The van der Waals surface area contributed by atoms with Gasteiger partial charge >= 0.3 is 0 Å². The van der Waals surface area contributed by atoms with Gasteiger partial charge in [-0.05, 0) is 66.8 Å². The lowest BCUT2D eigenvalue weighted by molar-refractivity contribution is 0.861. The third kappa shape index (κ3) is 3.15. The summed E-state index contributed by atoms with van der Waals surface area (Å²) < 4.78 is 2.21. The molecule has 0 spiro atoms. The van der Waals surface area contributed by atoms with E-state index in [4.69, 9.17) is 9.97 Å². The van der Waals surface area contributed by atoms with E-state index >= 15 is 0 Å². The molecule has 6 aromatic rings. The molecule has 0 aliphatic carbocycles. The minimum absolute atomic E-state index is 0.825. The van der Waals surface area contributed by atoms with Gasteiger partial charge in [0.25, 0.3) is 0 Å². The molecule has 3 heterocycles. The highest BCUT2D eigenvalue weighted by molar-refractivity contribution is 5.90. The highest BCUT2D eigenvalue weighted by Gasteiger charge is 2.20. The van der Waals surface area contributed by atoms with Crippen molar-refractivity contribution < 1.29 is 0 Å². The zero-order valence-corrected chi connectivity index (χ0v) is 19.2. The van der Waals surface area contributed by atoms with Gasteiger partial charge in [0.2, 0.25) is 0 Å². The summed E-state index contributed by atoms with van der Waals surface area (Å²) in [4.78, 5) is 16.9. The number of benzene rings is 3. The number of H-pyrrole nitrogens is 2. The van der Waals surface area contributed by atoms with Crippen molar-refractivity contribution in [3.05, 3.63) is 83.3 Å². The van der Waals surface area contributed by atoms with Gasteiger partial charge in [-0.3, -0.25) is 0 Å². The molecule has 3 aromatic carbocycles. The Morgan fingerprint density at radius 3 is 2.70 bits per heavy atom. The van der Waals surface area contributed by atoms with Crippen LogP contribution >= 0.6 is 0 Å². The Morgan fingerprint density at radius 1 is 0.970 bits per heavy atom. The third-order valence-electron chi connectivity index (χ3n) is 6.77. The van der Waals surface area contributed by atoms with Crippen molar-refractivity contribution >= 4 is 33.0 Å². The van der Waals surface area contributed by atoms with Gasteiger partial charge in [-0.1, -0.05) is 31.2 Å². The number of para-hydroxylation sites is 2. The molecule has 0 aliphatic heterocycles. The van der Waals surface area contributed by atoms with Crippen LogP contribution in [0.15, 0.2) is 60.8 Å². The molecule has 5 heteroatoms. The smallest absolute Gasteiger partial charge is 0.141 e. The van der Waals surface area contributed by atoms with E-state index in [9.17, 15) is 0 Å². The fourth-order valence-electron chi connectivity index (χ4n) is 5.07. The van der Waals surface area contributed by atoms with E-state index in [1.165, 1.54) is 27.6 Å². The SMILES string of the molecule is CCCc1nc2c(C)c(Cc3cccc4[nH]ccc34)c(-c3nc4ccccc4n3C)cc2[nH]1. The van der Waals surface area contributed by atoms with Crippen molar-refractivity contribution in [1.82, 2.24) is 24.5 Å². The Bertz CT molecular complexity index is 1630. The fourth-order valence-corrected chi connectivity index (χ4v) is 5.07. The van der Waals surface area contributed by atoms with Crippen LogP contribution in [0.4, 0.5) is 0 Å². The summed E-state index contributed by atoms with van der Waals surface area (Å²) in [6, 6.07) is 19.2. The van der Waals surface area contributed by atoms with Crippen molar-refractivity contribution in [2.75, 3.05) is 0 Å². The van der Waals surface area contributed by atoms with Crippen molar-refractivity contribution in [2.24, 2.45) is 7.05 Å². The summed E-state index contributed by atoms with van der Waals surface area (Å²) >= 11 is 0. The molecule has 0 bridgehead atoms. The number of nitrogens with zero attached hydrogens (tertiary/aromatic N) is 3. The maximum atomic E-state index is 5.05. The summed E-state index contributed by atoms with van der Waals surface area (Å²) in [6.07, 6.45) is 4.86. The lowest BCUT2D eigenvalue weighted by Crippen LogP contribution is -2.02. The van der Waals surface area contributed by atoms with Crippen LogP contribution in [-0.2, 0) is 19.9 Å². The van der Waals surface area contributed by atoms with Crippen molar-refractivity contribution in [2.45, 2.75) is 33.1 Å². The van der Waals surface area contributed by atoms with E-state index in [0.29, 0.717) is 0 Å². The molecule has 0 fully saturated rings. The number of nitrogens with one attached hydrogen (secondary N) is 2. The van der Waals surface area contributed by atoms with Gasteiger partial charge < -0.3 is 14.5 Å². The summed E-state index contributed by atoms with van der Waals surface area (Å²) in [6.45, 7) is 4.39. The molecule has 3 aromatic heterocycles. The Labute approximate surface area is 192 Å². The van der Waals surface area contributed by atoms with Crippen LogP contribution in [0.5, 0.6) is 0 Å². The first-order valence-corrected chi connectivity index (χ1v) is 11.6. The van der Waals surface area contributed by atoms with Crippen LogP contribution in [0.2, 0.25) is 0 Å². The zero-order valence-electron chi connectivity index (χ0n) is 19.2. The molecule has 0 amide bonds. The highest BCUT2D eigenvalue weighted by atomic mass is 15.1. The number of rotatable bonds is 5. The average Bonchev–Trinajstić information content (AvgIpc) is 3.54. The number of aromatic amines is 2. The normalized spacial score (nSPS) is 11.8. The quantitative estimate of drug-likeness (QED) is 0.328. The molecule has 0 saturated carbocycles. The van der Waals surface area contributed by atoms with Gasteiger partial charge in [0.15, 0.2) is 0 Å². The van der Waals surface area contributed by atoms with E-state index in [1.807, 2.05) is 12.3 Å². The molecule has 0 saturated heterocycles. The Kier molecular flexibility index (Phi) is 4.57. The molecular formula is C28H27N5. The predicted octanol–water partition coefficient (Wildman–Crippen LogP) is 6.45. The summed E-state index contributed by atoms with van der Waals surface area (Å²) in [5, 5.41) is 1.27. The molecule has 0 atom stereocenters.